The van der Waals surface area contributed by atoms with Gasteiger partial charge in [0.15, 0.2) is 0 Å². The number of anilines is 2. The van der Waals surface area contributed by atoms with Crippen molar-refractivity contribution in [1.29, 1.82) is 0 Å². The minimum Gasteiger partial charge on any atom is -0.362 e. The molecule has 0 saturated heterocycles. The van der Waals surface area contributed by atoms with Crippen LogP contribution in [0.15, 0.2) is 47.2 Å². The highest BCUT2D eigenvalue weighted by Crippen LogP contribution is 2.28. The molecule has 0 radical (unpaired) electrons. The van der Waals surface area contributed by atoms with E-state index in [1.54, 1.807) is 12.1 Å². The van der Waals surface area contributed by atoms with Gasteiger partial charge >= 0.3 is 0 Å². The summed E-state index contributed by atoms with van der Waals surface area (Å²) < 4.78 is 18.2. The van der Waals surface area contributed by atoms with E-state index in [0.717, 1.165) is 11.4 Å². The summed E-state index contributed by atoms with van der Waals surface area (Å²) in [5.41, 5.74) is 2.58. The number of nitrogens with zero attached hydrogens (tertiary/aromatic N) is 2. The highest BCUT2D eigenvalue weighted by molar-refractivity contribution is 6.33. The summed E-state index contributed by atoms with van der Waals surface area (Å²) in [6.45, 7) is 1.82. The van der Waals surface area contributed by atoms with Crippen LogP contribution in [0.5, 0.6) is 0 Å². The van der Waals surface area contributed by atoms with Gasteiger partial charge < -0.3 is 9.84 Å². The molecule has 3 aromatic rings. The van der Waals surface area contributed by atoms with E-state index in [2.05, 4.69) is 15.5 Å². The minimum absolute atomic E-state index is 0.357. The first-order valence-corrected chi connectivity index (χ1v) is 6.62. The Bertz CT molecular complexity index is 788. The molecule has 106 valence electrons. The average molecular weight is 304 g/mol. The smallest absolute Gasteiger partial charge is 0.147 e. The van der Waals surface area contributed by atoms with Crippen LogP contribution in [0.3, 0.4) is 0 Å². The van der Waals surface area contributed by atoms with Gasteiger partial charge in [0.1, 0.15) is 29.3 Å². The summed E-state index contributed by atoms with van der Waals surface area (Å²) in [5, 5.41) is 7.32. The van der Waals surface area contributed by atoms with Crippen LogP contribution in [0.2, 0.25) is 5.02 Å². The predicted octanol–water partition coefficient (Wildman–Crippen LogP) is 4.58. The maximum Gasteiger partial charge on any atom is 0.147 e. The topological polar surface area (TPSA) is 51.0 Å². The van der Waals surface area contributed by atoms with E-state index in [4.69, 9.17) is 16.1 Å². The summed E-state index contributed by atoms with van der Waals surface area (Å²) in [6, 6.07) is 9.57. The van der Waals surface area contributed by atoms with Crippen molar-refractivity contribution >= 4 is 23.1 Å². The Morgan fingerprint density at radius 3 is 2.86 bits per heavy atom. The molecule has 6 heteroatoms. The first-order valence-electron chi connectivity index (χ1n) is 6.24. The molecule has 0 spiro atoms. The highest BCUT2D eigenvalue weighted by atomic mass is 35.5. The third kappa shape index (κ3) is 2.87. The van der Waals surface area contributed by atoms with Crippen molar-refractivity contribution in [2.75, 3.05) is 5.32 Å². The minimum atomic E-state index is -0.357. The fraction of sp³-hybridized carbons (Fsp3) is 0.0667. The zero-order valence-electron chi connectivity index (χ0n) is 11.1. The number of hydrogen-bond donors (Lipinski definition) is 1. The maximum atomic E-state index is 13.4. The lowest BCUT2D eigenvalue weighted by Crippen LogP contribution is -1.95. The van der Waals surface area contributed by atoms with E-state index in [1.807, 2.05) is 13.0 Å². The molecular weight excluding hydrogens is 293 g/mol. The van der Waals surface area contributed by atoms with E-state index in [1.165, 1.54) is 24.5 Å². The summed E-state index contributed by atoms with van der Waals surface area (Å²) in [4.78, 5) is 4.43. The van der Waals surface area contributed by atoms with Gasteiger partial charge in [0.2, 0.25) is 0 Å². The van der Waals surface area contributed by atoms with Crippen molar-refractivity contribution in [3.05, 3.63) is 59.2 Å². The van der Waals surface area contributed by atoms with Gasteiger partial charge in [0.05, 0.1) is 10.7 Å². The number of hydrogen-bond acceptors (Lipinski definition) is 4. The Balaban J connectivity index is 1.96. The van der Waals surface area contributed by atoms with E-state index in [-0.39, 0.29) is 5.82 Å². The van der Waals surface area contributed by atoms with Gasteiger partial charge in [-0.1, -0.05) is 22.8 Å². The second-order valence-electron chi connectivity index (χ2n) is 4.47. The first-order chi connectivity index (χ1) is 10.1. The van der Waals surface area contributed by atoms with Crippen LogP contribution in [0.4, 0.5) is 15.9 Å². The molecule has 1 aromatic carbocycles. The van der Waals surface area contributed by atoms with Crippen LogP contribution in [-0.4, -0.2) is 10.1 Å². The van der Waals surface area contributed by atoms with Crippen molar-refractivity contribution in [2.24, 2.45) is 0 Å². The molecule has 0 amide bonds. The number of aryl methyl sites for hydroxylation is 1. The second-order valence-corrected chi connectivity index (χ2v) is 4.88. The maximum absolute atomic E-state index is 13.4. The molecule has 0 aliphatic rings. The second kappa shape index (κ2) is 5.54. The van der Waals surface area contributed by atoms with Crippen molar-refractivity contribution < 1.29 is 8.91 Å². The molecule has 0 aliphatic carbocycles. The summed E-state index contributed by atoms with van der Waals surface area (Å²) in [6.07, 6.45) is 1.50. The van der Waals surface area contributed by atoms with Gasteiger partial charge in [-0.2, -0.15) is 0 Å². The number of benzene rings is 1. The van der Waals surface area contributed by atoms with Crippen LogP contribution in [0, 0.1) is 12.7 Å². The molecule has 0 atom stereocenters. The highest BCUT2D eigenvalue weighted by Gasteiger charge is 2.09. The van der Waals surface area contributed by atoms with E-state index >= 15 is 0 Å². The van der Waals surface area contributed by atoms with Crippen LogP contribution in [-0.2, 0) is 0 Å². The quantitative estimate of drug-likeness (QED) is 0.769. The molecule has 21 heavy (non-hydrogen) atoms. The molecule has 0 bridgehead atoms. The van der Waals surface area contributed by atoms with Crippen molar-refractivity contribution in [3.8, 4) is 11.3 Å². The predicted molar refractivity (Wildman–Crippen MR) is 79.2 cm³/mol. The lowest BCUT2D eigenvalue weighted by molar-refractivity contribution is 0.415. The summed E-state index contributed by atoms with van der Waals surface area (Å²) in [5.74, 6) is 0.239. The van der Waals surface area contributed by atoms with Crippen molar-refractivity contribution in [1.82, 2.24) is 10.1 Å². The molecule has 0 saturated carbocycles. The number of aromatic nitrogens is 2. The molecule has 2 aromatic heterocycles. The first kappa shape index (κ1) is 13.6. The van der Waals surface area contributed by atoms with Gasteiger partial charge in [-0.15, -0.1) is 0 Å². The number of rotatable bonds is 3. The van der Waals surface area contributed by atoms with Crippen molar-refractivity contribution in [2.45, 2.75) is 6.92 Å². The third-order valence-electron chi connectivity index (χ3n) is 2.97. The van der Waals surface area contributed by atoms with E-state index in [9.17, 15) is 4.39 Å². The van der Waals surface area contributed by atoms with Gasteiger partial charge in [-0.3, -0.25) is 0 Å². The fourth-order valence-corrected chi connectivity index (χ4v) is 2.11. The van der Waals surface area contributed by atoms with Crippen molar-refractivity contribution in [3.63, 3.8) is 0 Å². The van der Waals surface area contributed by atoms with E-state index < -0.39 is 0 Å². The average Bonchev–Trinajstić information content (AvgIpc) is 2.87. The summed E-state index contributed by atoms with van der Waals surface area (Å²) >= 11 is 6.10. The van der Waals surface area contributed by atoms with Gasteiger partial charge in [0.25, 0.3) is 0 Å². The Hall–Kier alpha value is -2.40. The molecular formula is C15H11ClFN3O. The van der Waals surface area contributed by atoms with Crippen LogP contribution >= 0.6 is 11.6 Å². The van der Waals surface area contributed by atoms with Gasteiger partial charge in [-0.25, -0.2) is 9.37 Å². The Morgan fingerprint density at radius 1 is 1.24 bits per heavy atom. The lowest BCUT2D eigenvalue weighted by Gasteiger charge is -2.07. The normalized spacial score (nSPS) is 10.6. The Kier molecular flexibility index (Phi) is 3.58. The molecule has 2 heterocycles. The molecule has 0 unspecified atom stereocenters. The Morgan fingerprint density at radius 2 is 2.10 bits per heavy atom. The largest absolute Gasteiger partial charge is 0.362 e. The van der Waals surface area contributed by atoms with Crippen LogP contribution < -0.4 is 5.32 Å². The molecule has 0 fully saturated rings. The van der Waals surface area contributed by atoms with Crippen LogP contribution in [0.25, 0.3) is 11.3 Å². The third-order valence-corrected chi connectivity index (χ3v) is 3.30. The molecule has 4 nitrogen and oxygen atoms in total. The lowest BCUT2D eigenvalue weighted by atomic mass is 10.1. The number of pyridine rings is 1. The summed E-state index contributed by atoms with van der Waals surface area (Å²) in [7, 11) is 0. The SMILES string of the molecule is Cc1nocc1Nc1cccc(-c2cc(F)ccc2Cl)n1. The number of halogens is 2. The van der Waals surface area contributed by atoms with Gasteiger partial charge in [0, 0.05) is 5.56 Å². The zero-order chi connectivity index (χ0) is 14.8. The molecule has 0 aliphatic heterocycles. The zero-order valence-corrected chi connectivity index (χ0v) is 11.9. The monoisotopic (exact) mass is 303 g/mol. The Labute approximate surface area is 125 Å². The van der Waals surface area contributed by atoms with E-state index in [0.29, 0.717) is 22.1 Å². The van der Waals surface area contributed by atoms with Crippen LogP contribution in [0.1, 0.15) is 5.69 Å². The molecule has 3 rings (SSSR count). The fourth-order valence-electron chi connectivity index (χ4n) is 1.90. The van der Waals surface area contributed by atoms with Gasteiger partial charge in [-0.05, 0) is 37.3 Å². The standard InChI is InChI=1S/C15H11ClFN3O/c1-9-14(8-21-20-9)19-15-4-2-3-13(18-15)11-7-10(17)5-6-12(11)16/h2-8H,1H3,(H,18,19). The molecule has 1 N–H and O–H groups in total. The number of nitrogens with one attached hydrogen (secondary N) is 1.